The Hall–Kier alpha value is -1.88. The number of nitrogens with zero attached hydrogens (tertiary/aromatic N) is 2. The van der Waals surface area contributed by atoms with Gasteiger partial charge in [0, 0.05) is 18.5 Å². The van der Waals surface area contributed by atoms with Crippen molar-refractivity contribution in [2.24, 2.45) is 0 Å². The van der Waals surface area contributed by atoms with E-state index in [0.717, 1.165) is 23.1 Å². The summed E-state index contributed by atoms with van der Waals surface area (Å²) in [5.41, 5.74) is 2.07. The third kappa shape index (κ3) is 2.76. The van der Waals surface area contributed by atoms with Crippen molar-refractivity contribution in [1.82, 2.24) is 15.1 Å². The maximum atomic E-state index is 11.3. The van der Waals surface area contributed by atoms with Crippen LogP contribution >= 0.6 is 0 Å². The molecule has 102 valence electrons. The number of esters is 1. The van der Waals surface area contributed by atoms with E-state index in [1.165, 1.54) is 7.11 Å². The zero-order chi connectivity index (χ0) is 13.8. The lowest BCUT2D eigenvalue weighted by Crippen LogP contribution is -2.34. The third-order valence-corrected chi connectivity index (χ3v) is 3.16. The molecule has 1 atom stereocenters. The molecule has 19 heavy (non-hydrogen) atoms. The Balaban J connectivity index is 2.19. The molecule has 0 aliphatic heterocycles. The van der Waals surface area contributed by atoms with Gasteiger partial charge in [-0.3, -0.25) is 14.8 Å². The largest absolute Gasteiger partial charge is 0.468 e. The highest BCUT2D eigenvalue weighted by Crippen LogP contribution is 2.18. The van der Waals surface area contributed by atoms with Crippen molar-refractivity contribution in [2.75, 3.05) is 7.11 Å². The second kappa shape index (κ2) is 5.84. The predicted molar refractivity (Wildman–Crippen MR) is 73.7 cm³/mol. The maximum Gasteiger partial charge on any atom is 0.322 e. The van der Waals surface area contributed by atoms with Crippen molar-refractivity contribution in [2.45, 2.75) is 33.0 Å². The van der Waals surface area contributed by atoms with Crippen molar-refractivity contribution in [3.8, 4) is 0 Å². The molecule has 0 saturated carbocycles. The highest BCUT2D eigenvalue weighted by atomic mass is 16.5. The summed E-state index contributed by atoms with van der Waals surface area (Å²) in [6.45, 7) is 5.22. The number of aromatic nitrogens is 2. The molecule has 5 nitrogen and oxygen atoms in total. The predicted octanol–water partition coefficient (Wildman–Crippen LogP) is 1.71. The van der Waals surface area contributed by atoms with E-state index in [-0.39, 0.29) is 12.0 Å². The summed E-state index contributed by atoms with van der Waals surface area (Å²) in [5, 5.41) is 8.82. The number of hydrogen-bond acceptors (Lipinski definition) is 4. The Kier molecular flexibility index (Phi) is 4.16. The van der Waals surface area contributed by atoms with Gasteiger partial charge in [0.05, 0.1) is 18.3 Å². The fourth-order valence-corrected chi connectivity index (χ4v) is 2.08. The average molecular weight is 261 g/mol. The first kappa shape index (κ1) is 13.5. The zero-order valence-corrected chi connectivity index (χ0v) is 11.5. The number of ether oxygens (including phenoxy) is 1. The monoisotopic (exact) mass is 261 g/mol. The summed E-state index contributed by atoms with van der Waals surface area (Å²) in [5.74, 6) is -0.265. The Morgan fingerprint density at radius 3 is 2.89 bits per heavy atom. The number of carbonyl (C=O) groups excluding carboxylic acids is 1. The molecule has 1 heterocycles. The van der Waals surface area contributed by atoms with Gasteiger partial charge in [0.2, 0.25) is 0 Å². The van der Waals surface area contributed by atoms with Crippen LogP contribution in [0.15, 0.2) is 24.3 Å². The SMILES string of the molecule is CCn1nc(CNC(C)C(=O)OC)c2ccccc21. The van der Waals surface area contributed by atoms with Gasteiger partial charge in [0.25, 0.3) is 0 Å². The minimum Gasteiger partial charge on any atom is -0.468 e. The first-order chi connectivity index (χ1) is 9.17. The van der Waals surface area contributed by atoms with Crippen LogP contribution in [0.3, 0.4) is 0 Å². The Morgan fingerprint density at radius 2 is 2.21 bits per heavy atom. The number of para-hydroxylation sites is 1. The number of aryl methyl sites for hydroxylation is 1. The molecule has 0 spiro atoms. The molecule has 1 aromatic heterocycles. The van der Waals surface area contributed by atoms with Crippen molar-refractivity contribution < 1.29 is 9.53 Å². The molecule has 1 aromatic carbocycles. The van der Waals surface area contributed by atoms with Gasteiger partial charge in [-0.15, -0.1) is 0 Å². The molecule has 0 bridgehead atoms. The summed E-state index contributed by atoms with van der Waals surface area (Å²) in [6, 6.07) is 7.77. The van der Waals surface area contributed by atoms with Gasteiger partial charge < -0.3 is 4.74 Å². The first-order valence-electron chi connectivity index (χ1n) is 6.43. The van der Waals surface area contributed by atoms with Crippen molar-refractivity contribution in [3.63, 3.8) is 0 Å². The van der Waals surface area contributed by atoms with Crippen LogP contribution in [0.2, 0.25) is 0 Å². The molecule has 1 N–H and O–H groups in total. The summed E-state index contributed by atoms with van der Waals surface area (Å²) in [6.07, 6.45) is 0. The first-order valence-corrected chi connectivity index (χ1v) is 6.43. The number of benzene rings is 1. The van der Waals surface area contributed by atoms with Crippen LogP contribution in [0.4, 0.5) is 0 Å². The zero-order valence-electron chi connectivity index (χ0n) is 11.5. The van der Waals surface area contributed by atoms with Crippen LogP contribution in [-0.4, -0.2) is 28.9 Å². The lowest BCUT2D eigenvalue weighted by molar-refractivity contribution is -0.142. The molecule has 0 aliphatic carbocycles. The number of nitrogens with one attached hydrogen (secondary N) is 1. The van der Waals surface area contributed by atoms with E-state index in [1.54, 1.807) is 6.92 Å². The smallest absolute Gasteiger partial charge is 0.322 e. The number of rotatable bonds is 5. The van der Waals surface area contributed by atoms with Crippen LogP contribution in [-0.2, 0) is 22.6 Å². The van der Waals surface area contributed by atoms with Crippen LogP contribution < -0.4 is 5.32 Å². The molecular weight excluding hydrogens is 242 g/mol. The number of fused-ring (bicyclic) bond motifs is 1. The summed E-state index contributed by atoms with van der Waals surface area (Å²) in [4.78, 5) is 11.3. The normalized spacial score (nSPS) is 12.6. The van der Waals surface area contributed by atoms with Gasteiger partial charge in [0.15, 0.2) is 0 Å². The summed E-state index contributed by atoms with van der Waals surface area (Å²) >= 11 is 0. The fourth-order valence-electron chi connectivity index (χ4n) is 2.08. The summed E-state index contributed by atoms with van der Waals surface area (Å²) < 4.78 is 6.65. The lowest BCUT2D eigenvalue weighted by atomic mass is 10.2. The molecule has 0 saturated heterocycles. The second-order valence-corrected chi connectivity index (χ2v) is 4.41. The number of hydrogen-bond donors (Lipinski definition) is 1. The van der Waals surface area contributed by atoms with Crippen molar-refractivity contribution in [1.29, 1.82) is 0 Å². The van der Waals surface area contributed by atoms with Gasteiger partial charge in [0.1, 0.15) is 6.04 Å². The van der Waals surface area contributed by atoms with Crippen LogP contribution in [0.25, 0.3) is 10.9 Å². The van der Waals surface area contributed by atoms with Crippen LogP contribution in [0, 0.1) is 0 Å². The van der Waals surface area contributed by atoms with Gasteiger partial charge in [-0.25, -0.2) is 0 Å². The molecule has 2 aromatic rings. The highest BCUT2D eigenvalue weighted by molar-refractivity contribution is 5.82. The van der Waals surface area contributed by atoms with E-state index >= 15 is 0 Å². The number of carbonyl (C=O) groups is 1. The second-order valence-electron chi connectivity index (χ2n) is 4.41. The van der Waals surface area contributed by atoms with E-state index in [9.17, 15) is 4.79 Å². The van der Waals surface area contributed by atoms with E-state index in [0.29, 0.717) is 6.54 Å². The van der Waals surface area contributed by atoms with Crippen molar-refractivity contribution in [3.05, 3.63) is 30.0 Å². The quantitative estimate of drug-likeness (QED) is 0.832. The minimum atomic E-state index is -0.337. The average Bonchev–Trinajstić information content (AvgIpc) is 2.82. The molecule has 0 radical (unpaired) electrons. The van der Waals surface area contributed by atoms with Gasteiger partial charge >= 0.3 is 5.97 Å². The van der Waals surface area contributed by atoms with Crippen LogP contribution in [0.5, 0.6) is 0 Å². The van der Waals surface area contributed by atoms with E-state index in [2.05, 4.69) is 28.1 Å². The third-order valence-electron chi connectivity index (χ3n) is 3.16. The molecule has 1 unspecified atom stereocenters. The highest BCUT2D eigenvalue weighted by Gasteiger charge is 2.14. The van der Waals surface area contributed by atoms with Gasteiger partial charge in [-0.05, 0) is 19.9 Å². The molecule has 2 rings (SSSR count). The van der Waals surface area contributed by atoms with Gasteiger partial charge in [-0.1, -0.05) is 18.2 Å². The molecular formula is C14H19N3O2. The standard InChI is InChI=1S/C14H19N3O2/c1-4-17-13-8-6-5-7-11(13)12(16-17)9-15-10(2)14(18)19-3/h5-8,10,15H,4,9H2,1-3H3. The fraction of sp³-hybridized carbons (Fsp3) is 0.429. The van der Waals surface area contributed by atoms with E-state index < -0.39 is 0 Å². The molecule has 5 heteroatoms. The Morgan fingerprint density at radius 1 is 1.47 bits per heavy atom. The number of methoxy groups -OCH3 is 1. The lowest BCUT2D eigenvalue weighted by Gasteiger charge is -2.10. The maximum absolute atomic E-state index is 11.3. The molecule has 0 fully saturated rings. The van der Waals surface area contributed by atoms with E-state index in [4.69, 9.17) is 0 Å². The summed E-state index contributed by atoms with van der Waals surface area (Å²) in [7, 11) is 1.39. The molecule has 0 aliphatic rings. The van der Waals surface area contributed by atoms with Crippen molar-refractivity contribution >= 4 is 16.9 Å². The molecule has 0 amide bonds. The van der Waals surface area contributed by atoms with Crippen LogP contribution in [0.1, 0.15) is 19.5 Å². The minimum absolute atomic E-state index is 0.265. The van der Waals surface area contributed by atoms with E-state index in [1.807, 2.05) is 22.9 Å². The van der Waals surface area contributed by atoms with Gasteiger partial charge in [-0.2, -0.15) is 5.10 Å². The Labute approximate surface area is 112 Å². The topological polar surface area (TPSA) is 56.2 Å². The Bertz CT molecular complexity index is 577.